The molecule has 1 rings (SSSR count). The second kappa shape index (κ2) is 5.45. The summed E-state index contributed by atoms with van der Waals surface area (Å²) in [6.07, 6.45) is 2.14. The van der Waals surface area contributed by atoms with Crippen molar-refractivity contribution in [3.8, 4) is 5.88 Å². The zero-order valence-electron chi connectivity index (χ0n) is 9.66. The Hall–Kier alpha value is -0.880. The summed E-state index contributed by atoms with van der Waals surface area (Å²) in [5.74, 6) is 0.829. The fourth-order valence-electron chi connectivity index (χ4n) is 0.963. The zero-order chi connectivity index (χ0) is 12.2. The van der Waals surface area contributed by atoms with Gasteiger partial charge in [0.15, 0.2) is 0 Å². The fourth-order valence-corrected chi connectivity index (χ4v) is 1.28. The molecule has 0 atom stereocenters. The smallest absolute Gasteiger partial charge is 0.233 e. The number of nitrogens with zero attached hydrogens (tertiary/aromatic N) is 2. The summed E-state index contributed by atoms with van der Waals surface area (Å²) in [4.78, 5) is 7.81. The lowest BCUT2D eigenvalue weighted by molar-refractivity contribution is 0.00501. The van der Waals surface area contributed by atoms with Crippen LogP contribution in [-0.4, -0.2) is 29.3 Å². The van der Waals surface area contributed by atoms with Gasteiger partial charge in [-0.25, -0.2) is 9.97 Å². The second-order valence-electron chi connectivity index (χ2n) is 3.94. The highest BCUT2D eigenvalue weighted by molar-refractivity contribution is 9.10. The molecule has 0 amide bonds. The van der Waals surface area contributed by atoms with Crippen LogP contribution in [0.5, 0.6) is 5.88 Å². The Balaban J connectivity index is 2.53. The molecule has 0 aromatic carbocycles. The number of hydrogen-bond donors (Lipinski definition) is 1. The third-order valence-electron chi connectivity index (χ3n) is 2.28. The molecule has 5 nitrogen and oxygen atoms in total. The maximum atomic E-state index is 5.60. The van der Waals surface area contributed by atoms with Crippen LogP contribution in [0.25, 0.3) is 0 Å². The van der Waals surface area contributed by atoms with Crippen molar-refractivity contribution in [1.29, 1.82) is 0 Å². The first-order valence-electron chi connectivity index (χ1n) is 4.90. The SMILES string of the molecule is COC(C)(C)CCOc1ncnc(N)c1Br. The molecule has 2 N–H and O–H groups in total. The minimum absolute atomic E-state index is 0.203. The molecule has 90 valence electrons. The van der Waals surface area contributed by atoms with Gasteiger partial charge in [-0.05, 0) is 29.8 Å². The summed E-state index contributed by atoms with van der Waals surface area (Å²) >= 11 is 3.27. The summed E-state index contributed by atoms with van der Waals surface area (Å²) < 4.78 is 11.4. The molecule has 0 aliphatic carbocycles. The van der Waals surface area contributed by atoms with Gasteiger partial charge >= 0.3 is 0 Å². The minimum atomic E-state index is -0.203. The van der Waals surface area contributed by atoms with E-state index >= 15 is 0 Å². The van der Waals surface area contributed by atoms with E-state index in [4.69, 9.17) is 15.2 Å². The standard InChI is InChI=1S/C10H16BrN3O2/c1-10(2,15-3)4-5-16-9-7(11)8(12)13-6-14-9/h6H,4-5H2,1-3H3,(H2,12,13,14). The van der Waals surface area contributed by atoms with E-state index in [1.54, 1.807) is 7.11 Å². The lowest BCUT2D eigenvalue weighted by atomic mass is 10.1. The maximum absolute atomic E-state index is 5.60. The molecule has 6 heteroatoms. The van der Waals surface area contributed by atoms with Gasteiger partial charge in [0, 0.05) is 13.5 Å². The molecule has 0 aliphatic heterocycles. The Morgan fingerprint density at radius 1 is 1.44 bits per heavy atom. The van der Waals surface area contributed by atoms with Gasteiger partial charge in [0.2, 0.25) is 5.88 Å². The average molecular weight is 290 g/mol. The molecule has 1 aromatic rings. The van der Waals surface area contributed by atoms with Crippen LogP contribution in [0.3, 0.4) is 0 Å². The van der Waals surface area contributed by atoms with Crippen LogP contribution in [0.1, 0.15) is 20.3 Å². The first-order chi connectivity index (χ1) is 7.46. The highest BCUT2D eigenvalue weighted by Gasteiger charge is 2.17. The second-order valence-corrected chi connectivity index (χ2v) is 4.73. The molecular weight excluding hydrogens is 274 g/mol. The molecule has 0 aliphatic rings. The van der Waals surface area contributed by atoms with Gasteiger partial charge in [0.25, 0.3) is 0 Å². The van der Waals surface area contributed by atoms with Crippen LogP contribution >= 0.6 is 15.9 Å². The minimum Gasteiger partial charge on any atom is -0.477 e. The lowest BCUT2D eigenvalue weighted by Crippen LogP contribution is -2.25. The van der Waals surface area contributed by atoms with Crippen molar-refractivity contribution in [2.75, 3.05) is 19.5 Å². The number of aromatic nitrogens is 2. The Labute approximate surface area is 103 Å². The van der Waals surface area contributed by atoms with Crippen LogP contribution in [0, 0.1) is 0 Å². The van der Waals surface area contributed by atoms with Crippen molar-refractivity contribution in [2.24, 2.45) is 0 Å². The largest absolute Gasteiger partial charge is 0.477 e. The van der Waals surface area contributed by atoms with Crippen molar-refractivity contribution in [1.82, 2.24) is 9.97 Å². The van der Waals surface area contributed by atoms with Gasteiger partial charge in [-0.15, -0.1) is 0 Å². The number of nitrogen functional groups attached to an aromatic ring is 1. The Kier molecular flexibility index (Phi) is 4.49. The van der Waals surface area contributed by atoms with Gasteiger partial charge in [-0.2, -0.15) is 0 Å². The first kappa shape index (κ1) is 13.2. The maximum Gasteiger partial charge on any atom is 0.233 e. The predicted octanol–water partition coefficient (Wildman–Crippen LogP) is 2.02. The Bertz CT molecular complexity index is 358. The molecule has 0 radical (unpaired) electrons. The molecule has 0 spiro atoms. The summed E-state index contributed by atoms with van der Waals surface area (Å²) in [5.41, 5.74) is 5.40. The lowest BCUT2D eigenvalue weighted by Gasteiger charge is -2.22. The van der Waals surface area contributed by atoms with Crippen molar-refractivity contribution >= 4 is 21.7 Å². The number of hydrogen-bond acceptors (Lipinski definition) is 5. The van der Waals surface area contributed by atoms with Gasteiger partial charge < -0.3 is 15.2 Å². The molecular formula is C10H16BrN3O2. The van der Waals surface area contributed by atoms with Crippen LogP contribution in [0.4, 0.5) is 5.82 Å². The van der Waals surface area contributed by atoms with Gasteiger partial charge in [0.1, 0.15) is 16.6 Å². The number of ether oxygens (including phenoxy) is 2. The van der Waals surface area contributed by atoms with Gasteiger partial charge in [0.05, 0.1) is 12.2 Å². The number of halogens is 1. The molecule has 0 saturated heterocycles. The number of nitrogens with two attached hydrogens (primary N) is 1. The monoisotopic (exact) mass is 289 g/mol. The third kappa shape index (κ3) is 3.61. The summed E-state index contributed by atoms with van der Waals surface area (Å²) in [7, 11) is 1.68. The zero-order valence-corrected chi connectivity index (χ0v) is 11.2. The van der Waals surface area contributed by atoms with Crippen LogP contribution in [0.15, 0.2) is 10.8 Å². The molecule has 1 aromatic heterocycles. The van der Waals surface area contributed by atoms with E-state index in [9.17, 15) is 0 Å². The van der Waals surface area contributed by atoms with Crippen LogP contribution in [-0.2, 0) is 4.74 Å². The number of methoxy groups -OCH3 is 1. The molecule has 0 unspecified atom stereocenters. The molecule has 0 bridgehead atoms. The van der Waals surface area contributed by atoms with E-state index in [0.717, 1.165) is 6.42 Å². The normalized spacial score (nSPS) is 11.5. The summed E-state index contributed by atoms with van der Waals surface area (Å²) in [6.45, 7) is 4.51. The van der Waals surface area contributed by atoms with Gasteiger partial charge in [-0.1, -0.05) is 0 Å². The Morgan fingerprint density at radius 3 is 2.75 bits per heavy atom. The van der Waals surface area contributed by atoms with E-state index in [2.05, 4.69) is 25.9 Å². The molecule has 1 heterocycles. The van der Waals surface area contributed by atoms with Crippen molar-refractivity contribution in [2.45, 2.75) is 25.9 Å². The van der Waals surface area contributed by atoms with E-state index in [1.165, 1.54) is 6.33 Å². The first-order valence-corrected chi connectivity index (χ1v) is 5.69. The van der Waals surface area contributed by atoms with Gasteiger partial charge in [-0.3, -0.25) is 0 Å². The highest BCUT2D eigenvalue weighted by Crippen LogP contribution is 2.26. The van der Waals surface area contributed by atoms with Crippen LogP contribution < -0.4 is 10.5 Å². The fraction of sp³-hybridized carbons (Fsp3) is 0.600. The molecule has 16 heavy (non-hydrogen) atoms. The summed E-state index contributed by atoms with van der Waals surface area (Å²) in [6, 6.07) is 0. The highest BCUT2D eigenvalue weighted by atomic mass is 79.9. The molecule has 0 saturated carbocycles. The topological polar surface area (TPSA) is 70.3 Å². The van der Waals surface area contributed by atoms with E-state index < -0.39 is 0 Å². The predicted molar refractivity (Wildman–Crippen MR) is 65.3 cm³/mol. The van der Waals surface area contributed by atoms with Crippen molar-refractivity contribution in [3.63, 3.8) is 0 Å². The third-order valence-corrected chi connectivity index (χ3v) is 3.03. The van der Waals surface area contributed by atoms with E-state index in [-0.39, 0.29) is 5.60 Å². The Morgan fingerprint density at radius 2 is 2.12 bits per heavy atom. The number of rotatable bonds is 5. The summed E-state index contributed by atoms with van der Waals surface area (Å²) in [5, 5.41) is 0. The van der Waals surface area contributed by atoms with Crippen molar-refractivity contribution in [3.05, 3.63) is 10.8 Å². The van der Waals surface area contributed by atoms with Crippen molar-refractivity contribution < 1.29 is 9.47 Å². The quantitative estimate of drug-likeness (QED) is 0.898. The van der Waals surface area contributed by atoms with Crippen LogP contribution in [0.2, 0.25) is 0 Å². The average Bonchev–Trinajstić information content (AvgIpc) is 2.24. The van der Waals surface area contributed by atoms with E-state index in [1.807, 2.05) is 13.8 Å². The number of anilines is 1. The molecule has 0 fully saturated rings. The van der Waals surface area contributed by atoms with E-state index in [0.29, 0.717) is 22.8 Å².